The summed E-state index contributed by atoms with van der Waals surface area (Å²) in [5, 5.41) is 17.4. The SMILES string of the molecule is OB(O)c1ccc(C(F)(F)F)c(OC(F)(F)F)c1. The Balaban J connectivity index is 3.27. The normalized spacial score (nSPS) is 12.4. The first kappa shape index (κ1) is 14.6. The Morgan fingerprint density at radius 3 is 1.94 bits per heavy atom. The van der Waals surface area contributed by atoms with Crippen LogP contribution < -0.4 is 10.2 Å². The van der Waals surface area contributed by atoms with Gasteiger partial charge < -0.3 is 14.8 Å². The largest absolute Gasteiger partial charge is 0.573 e. The van der Waals surface area contributed by atoms with Crippen LogP contribution >= 0.6 is 0 Å². The molecule has 1 rings (SSSR count). The molecule has 18 heavy (non-hydrogen) atoms. The maximum Gasteiger partial charge on any atom is 0.573 e. The highest BCUT2D eigenvalue weighted by Gasteiger charge is 2.39. The molecule has 0 radical (unpaired) electrons. The average molecular weight is 274 g/mol. The minimum absolute atomic E-state index is 0.265. The maximum atomic E-state index is 12.4. The van der Waals surface area contributed by atoms with Crippen molar-refractivity contribution in [3.63, 3.8) is 0 Å². The van der Waals surface area contributed by atoms with Gasteiger partial charge in [-0.15, -0.1) is 13.2 Å². The Hall–Kier alpha value is -1.42. The van der Waals surface area contributed by atoms with Gasteiger partial charge in [0.2, 0.25) is 0 Å². The highest BCUT2D eigenvalue weighted by Crippen LogP contribution is 2.37. The topological polar surface area (TPSA) is 49.7 Å². The smallest absolute Gasteiger partial charge is 0.423 e. The first-order valence-electron chi connectivity index (χ1n) is 4.34. The van der Waals surface area contributed by atoms with Crippen molar-refractivity contribution in [3.8, 4) is 5.75 Å². The molecule has 0 aromatic heterocycles. The average Bonchev–Trinajstić information content (AvgIpc) is 2.12. The van der Waals surface area contributed by atoms with Gasteiger partial charge in [-0.3, -0.25) is 0 Å². The van der Waals surface area contributed by atoms with Crippen molar-refractivity contribution in [1.29, 1.82) is 0 Å². The zero-order valence-electron chi connectivity index (χ0n) is 8.38. The van der Waals surface area contributed by atoms with Gasteiger partial charge in [0, 0.05) is 0 Å². The third-order valence-electron chi connectivity index (χ3n) is 1.83. The number of halogens is 6. The summed E-state index contributed by atoms with van der Waals surface area (Å²) in [5.41, 5.74) is -2.22. The Morgan fingerprint density at radius 2 is 1.56 bits per heavy atom. The molecule has 0 saturated heterocycles. The lowest BCUT2D eigenvalue weighted by atomic mass is 9.80. The Labute approximate surface area is 96.7 Å². The summed E-state index contributed by atoms with van der Waals surface area (Å²) in [6, 6.07) is 1.17. The molecule has 0 heterocycles. The van der Waals surface area contributed by atoms with Crippen LogP contribution in [0.25, 0.3) is 0 Å². The van der Waals surface area contributed by atoms with E-state index in [1.54, 1.807) is 0 Å². The predicted octanol–water partition coefficient (Wildman–Crippen LogP) is 1.28. The molecule has 0 aliphatic heterocycles. The number of ether oxygens (including phenoxy) is 1. The summed E-state index contributed by atoms with van der Waals surface area (Å²) < 4.78 is 76.1. The number of hydrogen-bond donors (Lipinski definition) is 2. The highest BCUT2D eigenvalue weighted by atomic mass is 19.4. The van der Waals surface area contributed by atoms with Crippen LogP contribution in [0.3, 0.4) is 0 Å². The lowest BCUT2D eigenvalue weighted by molar-refractivity contribution is -0.276. The molecule has 0 spiro atoms. The van der Waals surface area contributed by atoms with Crippen molar-refractivity contribution < 1.29 is 41.1 Å². The van der Waals surface area contributed by atoms with E-state index < -0.39 is 36.4 Å². The fraction of sp³-hybridized carbons (Fsp3) is 0.250. The van der Waals surface area contributed by atoms with Crippen LogP contribution in [-0.2, 0) is 6.18 Å². The van der Waals surface area contributed by atoms with Gasteiger partial charge in [0.25, 0.3) is 0 Å². The van der Waals surface area contributed by atoms with Gasteiger partial charge in [0.15, 0.2) is 0 Å². The van der Waals surface area contributed by atoms with Crippen molar-refractivity contribution in [1.82, 2.24) is 0 Å². The minimum Gasteiger partial charge on any atom is -0.423 e. The van der Waals surface area contributed by atoms with Crippen LogP contribution in [0.15, 0.2) is 18.2 Å². The molecule has 0 amide bonds. The maximum absolute atomic E-state index is 12.4. The van der Waals surface area contributed by atoms with Crippen LogP contribution in [-0.4, -0.2) is 23.5 Å². The van der Waals surface area contributed by atoms with E-state index in [4.69, 9.17) is 10.0 Å². The van der Waals surface area contributed by atoms with E-state index >= 15 is 0 Å². The molecule has 2 N–H and O–H groups in total. The summed E-state index contributed by atoms with van der Waals surface area (Å²) in [6.07, 6.45) is -10.4. The lowest BCUT2D eigenvalue weighted by Gasteiger charge is -2.16. The van der Waals surface area contributed by atoms with Crippen LogP contribution in [0, 0.1) is 0 Å². The molecule has 0 aliphatic carbocycles. The van der Waals surface area contributed by atoms with Gasteiger partial charge in [-0.2, -0.15) is 13.2 Å². The molecule has 100 valence electrons. The molecule has 1 aromatic carbocycles. The molecule has 0 fully saturated rings. The second-order valence-electron chi connectivity index (χ2n) is 3.17. The summed E-state index contributed by atoms with van der Waals surface area (Å²) in [7, 11) is -2.21. The quantitative estimate of drug-likeness (QED) is 0.631. The van der Waals surface area contributed by atoms with E-state index in [1.165, 1.54) is 0 Å². The highest BCUT2D eigenvalue weighted by molar-refractivity contribution is 6.58. The summed E-state index contributed by atoms with van der Waals surface area (Å²) >= 11 is 0. The number of rotatable bonds is 2. The fourth-order valence-electron chi connectivity index (χ4n) is 1.14. The van der Waals surface area contributed by atoms with Crippen molar-refractivity contribution in [3.05, 3.63) is 23.8 Å². The molecule has 3 nitrogen and oxygen atoms in total. The standard InChI is InChI=1S/C8H5BF6O3/c10-7(11,12)5-2-1-4(9(16)17)3-6(5)18-8(13,14)15/h1-3,16-17H. The van der Waals surface area contributed by atoms with E-state index in [1.807, 2.05) is 0 Å². The predicted molar refractivity (Wildman–Crippen MR) is 48.0 cm³/mol. The third kappa shape index (κ3) is 3.81. The number of benzene rings is 1. The Kier molecular flexibility index (Phi) is 3.82. The number of hydrogen-bond acceptors (Lipinski definition) is 3. The second kappa shape index (κ2) is 4.69. The molecule has 1 aromatic rings. The molecule has 10 heteroatoms. The number of alkyl halides is 6. The Morgan fingerprint density at radius 1 is 1.00 bits per heavy atom. The van der Waals surface area contributed by atoms with Gasteiger partial charge in [-0.25, -0.2) is 0 Å². The molecule has 0 atom stereocenters. The van der Waals surface area contributed by atoms with Gasteiger partial charge in [-0.05, 0) is 17.6 Å². The molecular weight excluding hydrogens is 269 g/mol. The van der Waals surface area contributed by atoms with Crippen molar-refractivity contribution in [2.24, 2.45) is 0 Å². The van der Waals surface area contributed by atoms with Gasteiger partial charge in [0.1, 0.15) is 5.75 Å². The third-order valence-corrected chi connectivity index (χ3v) is 1.83. The van der Waals surface area contributed by atoms with E-state index in [-0.39, 0.29) is 12.1 Å². The molecule has 0 bridgehead atoms. The first-order valence-corrected chi connectivity index (χ1v) is 4.34. The molecule has 0 aliphatic rings. The van der Waals surface area contributed by atoms with E-state index in [0.717, 1.165) is 0 Å². The molecule has 0 saturated carbocycles. The van der Waals surface area contributed by atoms with E-state index in [9.17, 15) is 26.3 Å². The van der Waals surface area contributed by atoms with Gasteiger partial charge >= 0.3 is 19.7 Å². The Bertz CT molecular complexity index is 428. The van der Waals surface area contributed by atoms with Gasteiger partial charge in [0.05, 0.1) is 5.56 Å². The van der Waals surface area contributed by atoms with E-state index in [2.05, 4.69) is 4.74 Å². The van der Waals surface area contributed by atoms with Crippen molar-refractivity contribution in [2.75, 3.05) is 0 Å². The first-order chi connectivity index (χ1) is 8.00. The van der Waals surface area contributed by atoms with Crippen LogP contribution in [0.5, 0.6) is 5.75 Å². The van der Waals surface area contributed by atoms with Crippen molar-refractivity contribution >= 4 is 12.6 Å². The lowest BCUT2D eigenvalue weighted by Crippen LogP contribution is -2.31. The van der Waals surface area contributed by atoms with Crippen molar-refractivity contribution in [2.45, 2.75) is 12.5 Å². The van der Waals surface area contributed by atoms with Gasteiger partial charge in [-0.1, -0.05) is 6.07 Å². The molecular formula is C8H5BF6O3. The van der Waals surface area contributed by atoms with Crippen LogP contribution in [0.1, 0.15) is 5.56 Å². The second-order valence-corrected chi connectivity index (χ2v) is 3.17. The monoisotopic (exact) mass is 274 g/mol. The zero-order chi connectivity index (χ0) is 14.1. The minimum atomic E-state index is -5.32. The summed E-state index contributed by atoms with van der Waals surface area (Å²) in [6.45, 7) is 0. The fourth-order valence-corrected chi connectivity index (χ4v) is 1.14. The van der Waals surface area contributed by atoms with Crippen LogP contribution in [0.4, 0.5) is 26.3 Å². The van der Waals surface area contributed by atoms with E-state index in [0.29, 0.717) is 6.07 Å². The molecule has 0 unspecified atom stereocenters. The summed E-state index contributed by atoms with van der Waals surface area (Å²) in [4.78, 5) is 0. The van der Waals surface area contributed by atoms with Crippen LogP contribution in [0.2, 0.25) is 0 Å². The summed E-state index contributed by atoms with van der Waals surface area (Å²) in [5.74, 6) is -1.54. The zero-order valence-corrected chi connectivity index (χ0v) is 8.38.